The van der Waals surface area contributed by atoms with E-state index in [1.165, 1.54) is 32.1 Å². The highest BCUT2D eigenvalue weighted by Crippen LogP contribution is 2.25. The normalized spacial score (nSPS) is 19.3. The van der Waals surface area contributed by atoms with E-state index >= 15 is 0 Å². The molecule has 0 aromatic heterocycles. The summed E-state index contributed by atoms with van der Waals surface area (Å²) in [5.74, 6) is 0.439. The summed E-state index contributed by atoms with van der Waals surface area (Å²) < 4.78 is 5.15. The highest BCUT2D eigenvalue weighted by atomic mass is 16.5. The first kappa shape index (κ1) is 12.3. The zero-order valence-electron chi connectivity index (χ0n) is 10.1. The molecule has 0 N–H and O–H groups in total. The summed E-state index contributed by atoms with van der Waals surface area (Å²) in [5.41, 5.74) is 0.774. The topological polar surface area (TPSA) is 26.3 Å². The van der Waals surface area contributed by atoms with Crippen molar-refractivity contribution in [3.63, 3.8) is 0 Å². The molecule has 0 aliphatic heterocycles. The van der Waals surface area contributed by atoms with Crippen LogP contribution in [0.1, 0.15) is 52.9 Å². The fourth-order valence-electron chi connectivity index (χ4n) is 2.03. The number of hydrogen-bond acceptors (Lipinski definition) is 2. The zero-order valence-corrected chi connectivity index (χ0v) is 10.1. The first-order chi connectivity index (χ1) is 7.09. The molecule has 1 aliphatic carbocycles. The molecular formula is C13H22O2. The molecule has 2 heteroatoms. The van der Waals surface area contributed by atoms with Crippen LogP contribution in [0.5, 0.6) is 0 Å². The molecule has 0 bridgehead atoms. The molecule has 1 rings (SSSR count). The second-order valence-electron chi connectivity index (χ2n) is 4.70. The third-order valence-corrected chi connectivity index (χ3v) is 2.80. The fraction of sp³-hybridized carbons (Fsp3) is 0.769. The van der Waals surface area contributed by atoms with Crippen LogP contribution in [0.15, 0.2) is 11.6 Å². The summed E-state index contributed by atoms with van der Waals surface area (Å²) in [7, 11) is 0. The van der Waals surface area contributed by atoms with Gasteiger partial charge in [-0.15, -0.1) is 0 Å². The van der Waals surface area contributed by atoms with E-state index in [-0.39, 0.29) is 12.1 Å². The Labute approximate surface area is 92.7 Å². The number of ether oxygens (including phenoxy) is 1. The third kappa shape index (κ3) is 4.50. The lowest BCUT2D eigenvalue weighted by Gasteiger charge is -2.19. The number of esters is 1. The SMILES string of the molecule is CC(=CC1CCCCC1)C(=O)OC(C)C. The molecule has 0 saturated heterocycles. The van der Waals surface area contributed by atoms with Crippen molar-refractivity contribution in [3.05, 3.63) is 11.6 Å². The molecule has 86 valence electrons. The standard InChI is InChI=1S/C13H22O2/c1-10(2)15-13(14)11(3)9-12-7-5-4-6-8-12/h9-10,12H,4-8H2,1-3H3. The Hall–Kier alpha value is -0.790. The van der Waals surface area contributed by atoms with Gasteiger partial charge in [-0.3, -0.25) is 0 Å². The number of rotatable bonds is 3. The second-order valence-corrected chi connectivity index (χ2v) is 4.70. The fourth-order valence-corrected chi connectivity index (χ4v) is 2.03. The number of carbonyl (C=O) groups is 1. The summed E-state index contributed by atoms with van der Waals surface area (Å²) in [6.45, 7) is 5.62. The van der Waals surface area contributed by atoms with Crippen molar-refractivity contribution in [2.24, 2.45) is 5.92 Å². The molecule has 0 aromatic rings. The van der Waals surface area contributed by atoms with Gasteiger partial charge in [0.05, 0.1) is 6.10 Å². The minimum absolute atomic E-state index is 0.0211. The van der Waals surface area contributed by atoms with Crippen LogP contribution < -0.4 is 0 Å². The van der Waals surface area contributed by atoms with Crippen molar-refractivity contribution in [1.82, 2.24) is 0 Å². The first-order valence-corrected chi connectivity index (χ1v) is 5.99. The average Bonchev–Trinajstić information content (AvgIpc) is 2.18. The molecule has 0 aromatic carbocycles. The van der Waals surface area contributed by atoms with Crippen molar-refractivity contribution in [1.29, 1.82) is 0 Å². The largest absolute Gasteiger partial charge is 0.460 e. The molecular weight excluding hydrogens is 188 g/mol. The molecule has 1 aliphatic rings. The molecule has 0 heterocycles. The molecule has 0 spiro atoms. The molecule has 0 atom stereocenters. The maximum absolute atomic E-state index is 11.5. The van der Waals surface area contributed by atoms with Crippen LogP contribution in [-0.2, 0) is 9.53 Å². The van der Waals surface area contributed by atoms with Gasteiger partial charge in [-0.2, -0.15) is 0 Å². The van der Waals surface area contributed by atoms with Crippen molar-refractivity contribution in [2.75, 3.05) is 0 Å². The zero-order chi connectivity index (χ0) is 11.3. The number of allylic oxidation sites excluding steroid dienone is 1. The van der Waals surface area contributed by atoms with Crippen LogP contribution in [0.4, 0.5) is 0 Å². The quantitative estimate of drug-likeness (QED) is 0.526. The lowest BCUT2D eigenvalue weighted by Crippen LogP contribution is -2.13. The van der Waals surface area contributed by atoms with E-state index in [9.17, 15) is 4.79 Å². The minimum atomic E-state index is -0.157. The second kappa shape index (κ2) is 5.94. The summed E-state index contributed by atoms with van der Waals surface area (Å²) >= 11 is 0. The van der Waals surface area contributed by atoms with Gasteiger partial charge < -0.3 is 4.74 Å². The van der Waals surface area contributed by atoms with Gasteiger partial charge in [-0.1, -0.05) is 25.3 Å². The highest BCUT2D eigenvalue weighted by molar-refractivity contribution is 5.87. The van der Waals surface area contributed by atoms with E-state index in [0.29, 0.717) is 5.92 Å². The summed E-state index contributed by atoms with van der Waals surface area (Å²) in [6.07, 6.45) is 8.48. The van der Waals surface area contributed by atoms with Crippen LogP contribution in [0.25, 0.3) is 0 Å². The van der Waals surface area contributed by atoms with E-state index in [1.807, 2.05) is 20.8 Å². The Bertz CT molecular complexity index is 235. The number of carbonyl (C=O) groups excluding carboxylic acids is 1. The van der Waals surface area contributed by atoms with Gasteiger partial charge in [-0.05, 0) is 39.5 Å². The van der Waals surface area contributed by atoms with E-state index in [1.54, 1.807) is 0 Å². The van der Waals surface area contributed by atoms with Crippen LogP contribution >= 0.6 is 0 Å². The van der Waals surface area contributed by atoms with Crippen LogP contribution in [0, 0.1) is 5.92 Å². The van der Waals surface area contributed by atoms with Crippen molar-refractivity contribution >= 4 is 5.97 Å². The molecule has 0 radical (unpaired) electrons. The molecule has 0 unspecified atom stereocenters. The Morgan fingerprint density at radius 1 is 1.27 bits per heavy atom. The average molecular weight is 210 g/mol. The van der Waals surface area contributed by atoms with Crippen molar-refractivity contribution < 1.29 is 9.53 Å². The van der Waals surface area contributed by atoms with Gasteiger partial charge in [0, 0.05) is 5.57 Å². The van der Waals surface area contributed by atoms with Gasteiger partial charge >= 0.3 is 5.97 Å². The smallest absolute Gasteiger partial charge is 0.333 e. The van der Waals surface area contributed by atoms with E-state index < -0.39 is 0 Å². The Morgan fingerprint density at radius 2 is 1.87 bits per heavy atom. The van der Waals surface area contributed by atoms with Crippen LogP contribution in [-0.4, -0.2) is 12.1 Å². The van der Waals surface area contributed by atoms with Gasteiger partial charge in [0.25, 0.3) is 0 Å². The van der Waals surface area contributed by atoms with Gasteiger partial charge in [-0.25, -0.2) is 4.79 Å². The number of hydrogen-bond donors (Lipinski definition) is 0. The predicted octanol–water partition coefficient (Wildman–Crippen LogP) is 3.46. The summed E-state index contributed by atoms with van der Waals surface area (Å²) in [5, 5.41) is 0. The van der Waals surface area contributed by atoms with E-state index in [4.69, 9.17) is 4.74 Å². The van der Waals surface area contributed by atoms with Crippen LogP contribution in [0.2, 0.25) is 0 Å². The highest BCUT2D eigenvalue weighted by Gasteiger charge is 2.14. The molecule has 1 saturated carbocycles. The monoisotopic (exact) mass is 210 g/mol. The molecule has 2 nitrogen and oxygen atoms in total. The van der Waals surface area contributed by atoms with Gasteiger partial charge in [0.2, 0.25) is 0 Å². The van der Waals surface area contributed by atoms with Gasteiger partial charge in [0.15, 0.2) is 0 Å². The Balaban J connectivity index is 2.46. The Morgan fingerprint density at radius 3 is 2.40 bits per heavy atom. The van der Waals surface area contributed by atoms with Crippen molar-refractivity contribution in [2.45, 2.75) is 59.0 Å². The molecule has 1 fully saturated rings. The van der Waals surface area contributed by atoms with Crippen LogP contribution in [0.3, 0.4) is 0 Å². The van der Waals surface area contributed by atoms with E-state index in [0.717, 1.165) is 5.57 Å². The first-order valence-electron chi connectivity index (χ1n) is 5.99. The van der Waals surface area contributed by atoms with Crippen molar-refractivity contribution in [3.8, 4) is 0 Å². The maximum Gasteiger partial charge on any atom is 0.333 e. The molecule has 15 heavy (non-hydrogen) atoms. The minimum Gasteiger partial charge on any atom is -0.460 e. The van der Waals surface area contributed by atoms with E-state index in [2.05, 4.69) is 6.08 Å². The molecule has 0 amide bonds. The Kier molecular flexibility index (Phi) is 4.86. The summed E-state index contributed by atoms with van der Waals surface area (Å²) in [6, 6.07) is 0. The lowest BCUT2D eigenvalue weighted by atomic mass is 9.88. The maximum atomic E-state index is 11.5. The lowest BCUT2D eigenvalue weighted by molar-refractivity contribution is -0.142. The summed E-state index contributed by atoms with van der Waals surface area (Å²) in [4.78, 5) is 11.5. The predicted molar refractivity (Wildman–Crippen MR) is 61.6 cm³/mol. The van der Waals surface area contributed by atoms with Gasteiger partial charge in [0.1, 0.15) is 0 Å². The third-order valence-electron chi connectivity index (χ3n) is 2.80.